The Balaban J connectivity index is 1.84. The molecule has 3 rings (SSSR count). The summed E-state index contributed by atoms with van der Waals surface area (Å²) in [7, 11) is 0. The Hall–Kier alpha value is -1.39. The van der Waals surface area contributed by atoms with Crippen molar-refractivity contribution in [3.63, 3.8) is 0 Å². The third-order valence-corrected chi connectivity index (χ3v) is 4.07. The zero-order chi connectivity index (χ0) is 12.6. The molecular weight excluding hydrogens is 232 g/mol. The van der Waals surface area contributed by atoms with Crippen LogP contribution >= 0.6 is 0 Å². The van der Waals surface area contributed by atoms with Gasteiger partial charge in [-0.15, -0.1) is 0 Å². The van der Waals surface area contributed by atoms with Gasteiger partial charge in [-0.05, 0) is 24.0 Å². The van der Waals surface area contributed by atoms with Crippen LogP contribution in [-0.4, -0.2) is 24.5 Å². The van der Waals surface area contributed by atoms with E-state index in [0.717, 1.165) is 30.4 Å². The fraction of sp³-hybridized carbons (Fsp3) is 0.500. The summed E-state index contributed by atoms with van der Waals surface area (Å²) >= 11 is 0. The third kappa shape index (κ3) is 1.72. The minimum Gasteiger partial charge on any atom is -0.481 e. The van der Waals surface area contributed by atoms with Gasteiger partial charge in [-0.2, -0.15) is 0 Å². The van der Waals surface area contributed by atoms with Gasteiger partial charge in [0.1, 0.15) is 12.9 Å². The summed E-state index contributed by atoms with van der Waals surface area (Å²) < 4.78 is 10.6. The average Bonchev–Trinajstić information content (AvgIpc) is 2.81. The summed E-state index contributed by atoms with van der Waals surface area (Å²) in [5.41, 5.74) is 1.31. The summed E-state index contributed by atoms with van der Waals surface area (Å²) in [6.45, 7) is 0.912. The van der Waals surface area contributed by atoms with Crippen LogP contribution in [0.3, 0.4) is 0 Å². The molecule has 4 heteroatoms. The van der Waals surface area contributed by atoms with Crippen LogP contribution in [-0.2, 0) is 19.7 Å². The molecule has 1 aromatic rings. The largest absolute Gasteiger partial charge is 0.481 e. The van der Waals surface area contributed by atoms with Gasteiger partial charge in [-0.3, -0.25) is 4.79 Å². The first kappa shape index (κ1) is 11.7. The number of hydrogen-bond acceptors (Lipinski definition) is 3. The fourth-order valence-electron chi connectivity index (χ4n) is 2.70. The van der Waals surface area contributed by atoms with E-state index in [2.05, 4.69) is 0 Å². The monoisotopic (exact) mass is 248 g/mol. The van der Waals surface area contributed by atoms with Crippen molar-refractivity contribution in [2.24, 2.45) is 0 Å². The summed E-state index contributed by atoms with van der Waals surface area (Å²) in [5, 5.41) is 9.37. The molecule has 1 unspecified atom stereocenters. The first-order valence-corrected chi connectivity index (χ1v) is 6.25. The smallest absolute Gasteiger partial charge is 0.314 e. The van der Waals surface area contributed by atoms with Crippen molar-refractivity contribution in [3.05, 3.63) is 35.4 Å². The number of carboxylic acid groups (broad SMARTS) is 1. The molecule has 96 valence electrons. The standard InChI is InChI=1S/C14H16O4/c15-13(16)14(6-1-7-14)11-4-2-10(3-5-11)12-8-17-9-18-12/h2-5,12H,1,6-9H2,(H,15,16). The molecule has 2 fully saturated rings. The van der Waals surface area contributed by atoms with E-state index >= 15 is 0 Å². The van der Waals surface area contributed by atoms with Crippen molar-refractivity contribution < 1.29 is 19.4 Å². The van der Waals surface area contributed by atoms with Crippen molar-refractivity contribution in [3.8, 4) is 0 Å². The number of hydrogen-bond donors (Lipinski definition) is 1. The van der Waals surface area contributed by atoms with E-state index in [9.17, 15) is 9.90 Å². The highest BCUT2D eigenvalue weighted by Gasteiger charge is 2.45. The Morgan fingerprint density at radius 2 is 2.00 bits per heavy atom. The lowest BCUT2D eigenvalue weighted by Crippen LogP contribution is -2.42. The molecular formula is C14H16O4. The molecule has 1 saturated carbocycles. The van der Waals surface area contributed by atoms with Gasteiger partial charge < -0.3 is 14.6 Å². The zero-order valence-electron chi connectivity index (χ0n) is 10.1. The molecule has 1 saturated heterocycles. The minimum absolute atomic E-state index is 0.0128. The maximum Gasteiger partial charge on any atom is 0.314 e. The van der Waals surface area contributed by atoms with Crippen molar-refractivity contribution in [1.82, 2.24) is 0 Å². The second-order valence-electron chi connectivity index (χ2n) is 5.01. The third-order valence-electron chi connectivity index (χ3n) is 4.07. The van der Waals surface area contributed by atoms with Crippen molar-refractivity contribution in [2.75, 3.05) is 13.4 Å². The summed E-state index contributed by atoms with van der Waals surface area (Å²) in [5.74, 6) is -0.707. The van der Waals surface area contributed by atoms with Crippen LogP contribution in [0.4, 0.5) is 0 Å². The van der Waals surface area contributed by atoms with Crippen LogP contribution in [0.5, 0.6) is 0 Å². The van der Waals surface area contributed by atoms with Crippen molar-refractivity contribution in [1.29, 1.82) is 0 Å². The van der Waals surface area contributed by atoms with Gasteiger partial charge in [0.25, 0.3) is 0 Å². The lowest BCUT2D eigenvalue weighted by Gasteiger charge is -2.38. The highest BCUT2D eigenvalue weighted by atomic mass is 16.7. The fourth-order valence-corrected chi connectivity index (χ4v) is 2.70. The van der Waals surface area contributed by atoms with Gasteiger partial charge in [0, 0.05) is 0 Å². The van der Waals surface area contributed by atoms with Crippen LogP contribution in [0.15, 0.2) is 24.3 Å². The summed E-state index contributed by atoms with van der Waals surface area (Å²) in [6.07, 6.45) is 2.46. The number of benzene rings is 1. The Bertz CT molecular complexity index is 441. The number of aliphatic carboxylic acids is 1. The van der Waals surface area contributed by atoms with Crippen LogP contribution in [0.1, 0.15) is 36.5 Å². The SMILES string of the molecule is O=C(O)C1(c2ccc(C3COCO3)cc2)CCC1. The van der Waals surface area contributed by atoms with E-state index in [0.29, 0.717) is 13.4 Å². The molecule has 1 heterocycles. The van der Waals surface area contributed by atoms with Crippen LogP contribution in [0.25, 0.3) is 0 Å². The van der Waals surface area contributed by atoms with E-state index in [-0.39, 0.29) is 6.10 Å². The molecule has 0 bridgehead atoms. The second kappa shape index (κ2) is 4.37. The van der Waals surface area contributed by atoms with Crippen LogP contribution < -0.4 is 0 Å². The molecule has 4 nitrogen and oxygen atoms in total. The Morgan fingerprint density at radius 1 is 1.28 bits per heavy atom. The van der Waals surface area contributed by atoms with Gasteiger partial charge in [-0.25, -0.2) is 0 Å². The molecule has 1 N–H and O–H groups in total. The van der Waals surface area contributed by atoms with Crippen LogP contribution in [0, 0.1) is 0 Å². The van der Waals surface area contributed by atoms with Crippen LogP contribution in [0.2, 0.25) is 0 Å². The molecule has 0 amide bonds. The van der Waals surface area contributed by atoms with Crippen molar-refractivity contribution >= 4 is 5.97 Å². The first-order valence-electron chi connectivity index (χ1n) is 6.25. The van der Waals surface area contributed by atoms with E-state index in [4.69, 9.17) is 9.47 Å². The van der Waals surface area contributed by atoms with E-state index in [1.54, 1.807) is 0 Å². The maximum atomic E-state index is 11.4. The summed E-state index contributed by atoms with van der Waals surface area (Å²) in [4.78, 5) is 11.4. The molecule has 1 atom stereocenters. The Kier molecular flexibility index (Phi) is 2.84. The first-order chi connectivity index (χ1) is 8.72. The lowest BCUT2D eigenvalue weighted by molar-refractivity contribution is -0.147. The number of carboxylic acids is 1. The molecule has 18 heavy (non-hydrogen) atoms. The Labute approximate surface area is 106 Å². The summed E-state index contributed by atoms with van der Waals surface area (Å²) in [6, 6.07) is 7.75. The number of carbonyl (C=O) groups is 1. The molecule has 2 aliphatic rings. The zero-order valence-corrected chi connectivity index (χ0v) is 10.1. The van der Waals surface area contributed by atoms with Gasteiger partial charge in [0.15, 0.2) is 0 Å². The molecule has 1 aliphatic carbocycles. The number of rotatable bonds is 3. The van der Waals surface area contributed by atoms with E-state index in [1.165, 1.54) is 0 Å². The van der Waals surface area contributed by atoms with E-state index < -0.39 is 11.4 Å². The molecule has 1 aliphatic heterocycles. The topological polar surface area (TPSA) is 55.8 Å². The lowest BCUT2D eigenvalue weighted by atomic mass is 9.64. The van der Waals surface area contributed by atoms with Gasteiger partial charge >= 0.3 is 5.97 Å². The maximum absolute atomic E-state index is 11.4. The van der Waals surface area contributed by atoms with Gasteiger partial charge in [0.05, 0.1) is 12.0 Å². The predicted octanol–water partition coefficient (Wildman–Crippen LogP) is 2.24. The predicted molar refractivity (Wildman–Crippen MR) is 64.3 cm³/mol. The van der Waals surface area contributed by atoms with Gasteiger partial charge in [0.2, 0.25) is 0 Å². The van der Waals surface area contributed by atoms with Gasteiger partial charge in [-0.1, -0.05) is 30.7 Å². The second-order valence-corrected chi connectivity index (χ2v) is 5.01. The average molecular weight is 248 g/mol. The number of ether oxygens (including phenoxy) is 2. The molecule has 0 radical (unpaired) electrons. The highest BCUT2D eigenvalue weighted by Crippen LogP contribution is 2.44. The Morgan fingerprint density at radius 3 is 2.44 bits per heavy atom. The quantitative estimate of drug-likeness (QED) is 0.891. The molecule has 0 aromatic heterocycles. The van der Waals surface area contributed by atoms with E-state index in [1.807, 2.05) is 24.3 Å². The normalized spacial score (nSPS) is 25.7. The molecule has 1 aromatic carbocycles. The molecule has 0 spiro atoms. The highest BCUT2D eigenvalue weighted by molar-refractivity contribution is 5.82. The van der Waals surface area contributed by atoms with Crippen molar-refractivity contribution in [2.45, 2.75) is 30.8 Å². The minimum atomic E-state index is -0.707.